The monoisotopic (exact) mass is 765 g/mol. The molecule has 0 spiro atoms. The van der Waals surface area contributed by atoms with Gasteiger partial charge in [-0.3, -0.25) is 43.5 Å². The number of benzene rings is 1. The molecule has 56 heavy (non-hydrogen) atoms. The highest BCUT2D eigenvalue weighted by atomic mass is 19.3. The number of nitrogens with one attached hydrogen (secondary N) is 3. The molecule has 0 saturated carbocycles. The lowest BCUT2D eigenvalue weighted by Crippen LogP contribution is -2.55. The molecule has 3 N–H and O–H groups in total. The van der Waals surface area contributed by atoms with E-state index in [1.807, 2.05) is 12.1 Å². The first kappa shape index (κ1) is 37.0. The quantitative estimate of drug-likeness (QED) is 0.109. The zero-order valence-corrected chi connectivity index (χ0v) is 30.8. The van der Waals surface area contributed by atoms with E-state index >= 15 is 0 Å². The van der Waals surface area contributed by atoms with E-state index in [4.69, 9.17) is 0 Å². The summed E-state index contributed by atoms with van der Waals surface area (Å²) in [4.78, 5) is 59.6. The first-order valence-corrected chi connectivity index (χ1v) is 18.8. The number of pyridine rings is 1. The van der Waals surface area contributed by atoms with E-state index in [1.54, 1.807) is 42.2 Å². The number of imidazole rings is 1. The van der Waals surface area contributed by atoms with Gasteiger partial charge in [-0.1, -0.05) is 24.0 Å². The second-order valence-corrected chi connectivity index (χ2v) is 14.5. The third-order valence-electron chi connectivity index (χ3n) is 10.9. The Hall–Kier alpha value is -5.99. The Kier molecular flexibility index (Phi) is 10.3. The number of rotatable bonds is 10. The molecule has 1 atom stereocenters. The van der Waals surface area contributed by atoms with Crippen LogP contribution in [0.3, 0.4) is 0 Å². The molecule has 3 amide bonds. The fourth-order valence-corrected chi connectivity index (χ4v) is 7.93. The molecule has 1 aromatic carbocycles. The molecule has 17 heteroatoms. The van der Waals surface area contributed by atoms with Crippen molar-refractivity contribution in [2.75, 3.05) is 38.0 Å². The average Bonchev–Trinajstić information content (AvgIpc) is 3.92. The number of piperidine rings is 2. The lowest BCUT2D eigenvalue weighted by molar-refractivity contribution is -0.135. The van der Waals surface area contributed by atoms with Gasteiger partial charge >= 0.3 is 5.69 Å². The number of carbonyl (C=O) groups is 3. The van der Waals surface area contributed by atoms with Crippen LogP contribution in [-0.4, -0.2) is 100 Å². The predicted octanol–water partition coefficient (Wildman–Crippen LogP) is 3.64. The zero-order chi connectivity index (χ0) is 38.9. The number of para-hydroxylation sites is 1. The third-order valence-corrected chi connectivity index (χ3v) is 10.9. The van der Waals surface area contributed by atoms with Gasteiger partial charge in [-0.05, 0) is 75.6 Å². The summed E-state index contributed by atoms with van der Waals surface area (Å²) in [6.45, 7) is 4.22. The van der Waals surface area contributed by atoms with E-state index in [0.717, 1.165) is 38.9 Å². The Balaban J connectivity index is 0.807. The number of aromatic amines is 1. The van der Waals surface area contributed by atoms with Gasteiger partial charge in [-0.25, -0.2) is 18.6 Å². The number of likely N-dealkylation sites (tertiary alicyclic amines) is 2. The first-order chi connectivity index (χ1) is 27.1. The number of aromatic nitrogens is 7. The van der Waals surface area contributed by atoms with Crippen molar-refractivity contribution in [2.24, 2.45) is 7.05 Å². The lowest BCUT2D eigenvalue weighted by atomic mass is 9.97. The van der Waals surface area contributed by atoms with E-state index in [-0.39, 0.29) is 41.9 Å². The molecular formula is C39H41F2N11O4. The van der Waals surface area contributed by atoms with Crippen molar-refractivity contribution in [3.63, 3.8) is 0 Å². The molecule has 0 aliphatic carbocycles. The summed E-state index contributed by atoms with van der Waals surface area (Å²) in [5.74, 6) is 5.11. The number of fused-ring (bicyclic) bond motifs is 1. The number of H-pyrrole nitrogens is 1. The van der Waals surface area contributed by atoms with Gasteiger partial charge in [0.25, 0.3) is 12.3 Å². The van der Waals surface area contributed by atoms with Gasteiger partial charge < -0.3 is 10.2 Å². The number of carbonyl (C=O) groups excluding carboxylic acids is 3. The Morgan fingerprint density at radius 2 is 1.84 bits per heavy atom. The molecule has 0 radical (unpaired) electrons. The number of unbranched alkanes of at least 4 members (excludes halogenated alkanes) is 1. The molecule has 7 heterocycles. The maximum Gasteiger partial charge on any atom is 0.329 e. The fraction of sp³-hybridized carbons (Fsp3) is 0.410. The summed E-state index contributed by atoms with van der Waals surface area (Å²) < 4.78 is 32.5. The van der Waals surface area contributed by atoms with Gasteiger partial charge in [0.15, 0.2) is 5.69 Å². The number of hydrogen-bond donors (Lipinski definition) is 3. The summed E-state index contributed by atoms with van der Waals surface area (Å²) in [6, 6.07) is 11.7. The van der Waals surface area contributed by atoms with Crippen LogP contribution in [0.1, 0.15) is 78.8 Å². The number of halogens is 2. The van der Waals surface area contributed by atoms with Gasteiger partial charge in [0.1, 0.15) is 11.7 Å². The number of hydrogen-bond acceptors (Lipinski definition) is 9. The molecule has 0 bridgehead atoms. The van der Waals surface area contributed by atoms with Crippen LogP contribution in [0.2, 0.25) is 0 Å². The predicted molar refractivity (Wildman–Crippen MR) is 202 cm³/mol. The topological polar surface area (TPSA) is 168 Å². The van der Waals surface area contributed by atoms with Crippen molar-refractivity contribution in [2.45, 2.75) is 63.1 Å². The molecular weight excluding hydrogens is 724 g/mol. The lowest BCUT2D eigenvalue weighted by Gasteiger charge is -2.47. The van der Waals surface area contributed by atoms with Gasteiger partial charge in [0.2, 0.25) is 11.8 Å². The van der Waals surface area contributed by atoms with Crippen LogP contribution in [0.15, 0.2) is 59.7 Å². The largest absolute Gasteiger partial charge is 0.329 e. The standard InChI is InChI=1S/C39H41F2N11O4/c1-48-35-24(8-5-11-31(35)52(39(48)56)32-12-13-33(53)45-38(32)55)7-3-2-4-18-49-19-15-25(16-20-49)50-21-26(22-50)51-23-30(34(47-51)36(40)41)44-37(54)29-10-6-9-27(43-29)28-14-17-42-46-28/h5-6,8-11,14,17,23,25-26,32,36H,2,4,12-13,15-16,18-22H2,1H3,(H,42,46)(H,44,54)(H,45,53,55). The summed E-state index contributed by atoms with van der Waals surface area (Å²) in [5.41, 5.74) is 2.42. The molecule has 3 aliphatic rings. The van der Waals surface area contributed by atoms with Crippen molar-refractivity contribution in [3.05, 3.63) is 82.3 Å². The summed E-state index contributed by atoms with van der Waals surface area (Å²) in [7, 11) is 1.67. The summed E-state index contributed by atoms with van der Waals surface area (Å²) >= 11 is 0. The SMILES string of the molecule is Cn1c(=O)n(C2CCC(=O)NC2=O)c2cccc(C#CCCCN3CCC(N4CC(n5cc(NC(=O)c6cccc(-c7ccn[nH]7)n6)c(C(F)F)n5)C4)CC3)c21. The molecule has 3 fully saturated rings. The normalized spacial score (nSPS) is 18.5. The van der Waals surface area contributed by atoms with Gasteiger partial charge in [0, 0.05) is 51.4 Å². The molecule has 15 nitrogen and oxygen atoms in total. The minimum atomic E-state index is -2.86. The van der Waals surface area contributed by atoms with Gasteiger partial charge in [-0.15, -0.1) is 0 Å². The van der Waals surface area contributed by atoms with E-state index in [2.05, 4.69) is 52.6 Å². The van der Waals surface area contributed by atoms with E-state index < -0.39 is 30.0 Å². The zero-order valence-electron chi connectivity index (χ0n) is 30.8. The van der Waals surface area contributed by atoms with Crippen LogP contribution in [0.25, 0.3) is 22.4 Å². The second kappa shape index (κ2) is 15.6. The Labute approximate surface area is 320 Å². The van der Waals surface area contributed by atoms with E-state index in [0.29, 0.717) is 53.5 Å². The summed E-state index contributed by atoms with van der Waals surface area (Å²) in [5, 5.41) is 15.8. The number of anilines is 1. The van der Waals surface area contributed by atoms with Crippen LogP contribution in [0.5, 0.6) is 0 Å². The maximum absolute atomic E-state index is 14.0. The van der Waals surface area contributed by atoms with Gasteiger partial charge in [-0.2, -0.15) is 10.2 Å². The van der Waals surface area contributed by atoms with E-state index in [1.165, 1.54) is 21.4 Å². The molecule has 3 saturated heterocycles. The fourth-order valence-electron chi connectivity index (χ4n) is 7.93. The number of nitrogens with zero attached hydrogens (tertiary/aromatic N) is 8. The smallest absolute Gasteiger partial charge is 0.318 e. The summed E-state index contributed by atoms with van der Waals surface area (Å²) in [6.07, 6.45) is 4.26. The van der Waals surface area contributed by atoms with Crippen molar-refractivity contribution in [1.29, 1.82) is 0 Å². The van der Waals surface area contributed by atoms with Crippen LogP contribution in [-0.2, 0) is 16.6 Å². The van der Waals surface area contributed by atoms with Crippen LogP contribution in [0.4, 0.5) is 14.5 Å². The average molecular weight is 766 g/mol. The van der Waals surface area contributed by atoms with Crippen molar-refractivity contribution < 1.29 is 23.2 Å². The Bertz CT molecular complexity index is 2390. The third kappa shape index (κ3) is 7.37. The van der Waals surface area contributed by atoms with Crippen LogP contribution >= 0.6 is 0 Å². The van der Waals surface area contributed by atoms with E-state index in [9.17, 15) is 28.0 Å². The second-order valence-electron chi connectivity index (χ2n) is 14.5. The minimum Gasteiger partial charge on any atom is -0.318 e. The number of alkyl halides is 2. The highest BCUT2D eigenvalue weighted by Gasteiger charge is 2.37. The number of amides is 3. The highest BCUT2D eigenvalue weighted by molar-refractivity contribution is 6.03. The number of aryl methyl sites for hydroxylation is 1. The highest BCUT2D eigenvalue weighted by Crippen LogP contribution is 2.32. The molecule has 8 rings (SSSR count). The van der Waals surface area contributed by atoms with Crippen molar-refractivity contribution >= 4 is 34.4 Å². The van der Waals surface area contributed by atoms with Crippen LogP contribution < -0.4 is 16.3 Å². The molecule has 3 aliphatic heterocycles. The van der Waals surface area contributed by atoms with Crippen LogP contribution in [0, 0.1) is 11.8 Å². The molecule has 4 aromatic heterocycles. The maximum atomic E-state index is 14.0. The number of imide groups is 1. The molecule has 1 unspecified atom stereocenters. The Morgan fingerprint density at radius 3 is 2.59 bits per heavy atom. The molecule has 5 aromatic rings. The van der Waals surface area contributed by atoms with Gasteiger partial charge in [0.05, 0.1) is 39.7 Å². The van der Waals surface area contributed by atoms with Crippen molar-refractivity contribution in [1.82, 2.24) is 49.2 Å². The van der Waals surface area contributed by atoms with Crippen molar-refractivity contribution in [3.8, 4) is 23.2 Å². The first-order valence-electron chi connectivity index (χ1n) is 18.8. The minimum absolute atomic E-state index is 0.0262. The molecule has 290 valence electrons. The Morgan fingerprint density at radius 1 is 1.04 bits per heavy atom.